The lowest BCUT2D eigenvalue weighted by molar-refractivity contribution is 0.177. The van der Waals surface area contributed by atoms with Gasteiger partial charge in [0.25, 0.3) is 0 Å². The Hall–Kier alpha value is -2.00. The zero-order chi connectivity index (χ0) is 11.9. The van der Waals surface area contributed by atoms with Crippen molar-refractivity contribution < 1.29 is 9.57 Å². The normalized spacial score (nSPS) is 9.94. The summed E-state index contributed by atoms with van der Waals surface area (Å²) in [6, 6.07) is 18.3. The van der Waals surface area contributed by atoms with Gasteiger partial charge in [0, 0.05) is 11.6 Å². The Kier molecular flexibility index (Phi) is 4.00. The Morgan fingerprint density at radius 2 is 1.94 bits per heavy atom. The van der Waals surface area contributed by atoms with Gasteiger partial charge in [-0.15, -0.1) is 0 Å². The van der Waals surface area contributed by atoms with E-state index >= 15 is 0 Å². The number of hydrogen-bond donors (Lipinski definition) is 1. The Bertz CT molecular complexity index is 457. The fourth-order valence-electron chi connectivity index (χ4n) is 1.47. The molecule has 0 saturated heterocycles. The highest BCUT2D eigenvalue weighted by Gasteiger charge is 2.01. The van der Waals surface area contributed by atoms with Gasteiger partial charge < -0.3 is 4.74 Å². The molecule has 0 unspecified atom stereocenters. The van der Waals surface area contributed by atoms with E-state index in [1.807, 2.05) is 48.5 Å². The van der Waals surface area contributed by atoms with Gasteiger partial charge in [-0.1, -0.05) is 36.4 Å². The van der Waals surface area contributed by atoms with Gasteiger partial charge in [0.15, 0.2) is 0 Å². The highest BCUT2D eigenvalue weighted by Crippen LogP contribution is 2.18. The second kappa shape index (κ2) is 5.92. The molecular weight excluding hydrogens is 214 g/mol. The predicted molar refractivity (Wildman–Crippen MR) is 66.7 cm³/mol. The number of hydrogen-bond acceptors (Lipinski definition) is 3. The average Bonchev–Trinajstić information content (AvgIpc) is 2.40. The molecule has 0 aliphatic rings. The van der Waals surface area contributed by atoms with Crippen molar-refractivity contribution in [1.82, 2.24) is 0 Å². The van der Waals surface area contributed by atoms with Crippen molar-refractivity contribution in [2.24, 2.45) is 0 Å². The molecule has 1 radical (unpaired) electrons. The molecule has 0 aromatic heterocycles. The quantitative estimate of drug-likeness (QED) is 0.798. The Morgan fingerprint density at radius 3 is 2.71 bits per heavy atom. The van der Waals surface area contributed by atoms with Gasteiger partial charge in [0.2, 0.25) is 0 Å². The van der Waals surface area contributed by atoms with Crippen LogP contribution in [0.15, 0.2) is 48.5 Å². The number of methoxy groups -OCH3 is 1. The smallest absolute Gasteiger partial charge is 0.124 e. The molecule has 17 heavy (non-hydrogen) atoms. The maximum absolute atomic E-state index is 5.39. The van der Waals surface area contributed by atoms with Gasteiger partial charge >= 0.3 is 0 Å². The zero-order valence-electron chi connectivity index (χ0n) is 9.64. The van der Waals surface area contributed by atoms with E-state index in [-0.39, 0.29) is 0 Å². The fraction of sp³-hybridized carbons (Fsp3) is 0.143. The van der Waals surface area contributed by atoms with E-state index in [0.717, 1.165) is 17.0 Å². The fourth-order valence-corrected chi connectivity index (χ4v) is 1.47. The Morgan fingerprint density at radius 1 is 1.12 bits per heavy atom. The number of benzene rings is 2. The summed E-state index contributed by atoms with van der Waals surface area (Å²) in [6.07, 6.45) is 0. The Labute approximate surface area is 101 Å². The second-order valence-electron chi connectivity index (χ2n) is 3.48. The summed E-state index contributed by atoms with van der Waals surface area (Å²) in [5, 5.41) is 0. The minimum Gasteiger partial charge on any atom is -0.496 e. The molecule has 2 aromatic carbocycles. The lowest BCUT2D eigenvalue weighted by Gasteiger charge is -2.09. The minimum atomic E-state index is 0.437. The lowest BCUT2D eigenvalue weighted by atomic mass is 10.2. The molecule has 0 atom stereocenters. The van der Waals surface area contributed by atoms with Crippen LogP contribution < -0.4 is 10.2 Å². The topological polar surface area (TPSA) is 30.5 Å². The van der Waals surface area contributed by atoms with Gasteiger partial charge in [0.05, 0.1) is 12.8 Å². The van der Waals surface area contributed by atoms with Crippen LogP contribution >= 0.6 is 0 Å². The van der Waals surface area contributed by atoms with Gasteiger partial charge in [-0.3, -0.25) is 10.3 Å². The number of anilines is 1. The van der Waals surface area contributed by atoms with E-state index in [0.29, 0.717) is 6.61 Å². The molecule has 0 fully saturated rings. The van der Waals surface area contributed by atoms with Gasteiger partial charge in [-0.05, 0) is 12.1 Å². The lowest BCUT2D eigenvalue weighted by Crippen LogP contribution is -2.02. The maximum atomic E-state index is 5.39. The standard InChI is InChI=1S/C14H14NO2/c1-16-14-10-6-5-7-12(14)11-17-15-13-8-3-2-4-9-13/h2-8,10,15H,11H2,1H3. The summed E-state index contributed by atoms with van der Waals surface area (Å²) < 4.78 is 5.23. The summed E-state index contributed by atoms with van der Waals surface area (Å²) >= 11 is 0. The average molecular weight is 228 g/mol. The summed E-state index contributed by atoms with van der Waals surface area (Å²) in [5.41, 5.74) is 4.64. The molecule has 2 rings (SSSR count). The minimum absolute atomic E-state index is 0.437. The molecule has 1 N–H and O–H groups in total. The van der Waals surface area contributed by atoms with Crippen LogP contribution in [0.3, 0.4) is 0 Å². The predicted octanol–water partition coefficient (Wildman–Crippen LogP) is 3.04. The largest absolute Gasteiger partial charge is 0.496 e. The first kappa shape index (κ1) is 11.5. The molecule has 3 heteroatoms. The van der Waals surface area contributed by atoms with Crippen LogP contribution in [0.4, 0.5) is 5.69 Å². The van der Waals surface area contributed by atoms with Gasteiger partial charge in [-0.2, -0.15) is 0 Å². The number of rotatable bonds is 5. The zero-order valence-corrected chi connectivity index (χ0v) is 9.64. The summed E-state index contributed by atoms with van der Waals surface area (Å²) in [7, 11) is 1.65. The molecule has 0 spiro atoms. The SMILES string of the molecule is COc1ccccc1CONc1[c]cccc1. The Balaban J connectivity index is 1.90. The molecule has 0 aliphatic carbocycles. The molecule has 0 aliphatic heterocycles. The molecule has 0 bridgehead atoms. The highest BCUT2D eigenvalue weighted by atomic mass is 16.6. The molecule has 2 aromatic rings. The van der Waals surface area contributed by atoms with Crippen LogP contribution in [-0.4, -0.2) is 7.11 Å². The molecule has 3 nitrogen and oxygen atoms in total. The summed E-state index contributed by atoms with van der Waals surface area (Å²) in [5.74, 6) is 0.825. The van der Waals surface area contributed by atoms with Crippen LogP contribution in [0.1, 0.15) is 5.56 Å². The number of nitrogens with one attached hydrogen (secondary N) is 1. The van der Waals surface area contributed by atoms with E-state index in [9.17, 15) is 0 Å². The van der Waals surface area contributed by atoms with Gasteiger partial charge in [-0.25, -0.2) is 0 Å². The number of para-hydroxylation sites is 2. The molecular formula is C14H14NO2. The van der Waals surface area contributed by atoms with Crippen LogP contribution in [0.2, 0.25) is 0 Å². The third-order valence-corrected chi connectivity index (χ3v) is 2.31. The second-order valence-corrected chi connectivity index (χ2v) is 3.48. The summed E-state index contributed by atoms with van der Waals surface area (Å²) in [6.45, 7) is 0.437. The van der Waals surface area contributed by atoms with Crippen LogP contribution in [0.25, 0.3) is 0 Å². The molecule has 0 heterocycles. The van der Waals surface area contributed by atoms with Crippen molar-refractivity contribution in [2.45, 2.75) is 6.61 Å². The van der Waals surface area contributed by atoms with Crippen molar-refractivity contribution in [1.29, 1.82) is 0 Å². The van der Waals surface area contributed by atoms with E-state index in [1.165, 1.54) is 0 Å². The highest BCUT2D eigenvalue weighted by molar-refractivity contribution is 5.39. The van der Waals surface area contributed by atoms with Crippen molar-refractivity contribution in [3.05, 3.63) is 60.2 Å². The first-order valence-corrected chi connectivity index (χ1v) is 5.36. The van der Waals surface area contributed by atoms with Crippen LogP contribution in [-0.2, 0) is 11.4 Å². The molecule has 0 amide bonds. The van der Waals surface area contributed by atoms with E-state index in [1.54, 1.807) is 7.11 Å². The first-order valence-electron chi connectivity index (χ1n) is 5.36. The monoisotopic (exact) mass is 228 g/mol. The van der Waals surface area contributed by atoms with Gasteiger partial charge in [0.1, 0.15) is 12.4 Å². The maximum Gasteiger partial charge on any atom is 0.124 e. The molecule has 87 valence electrons. The first-order chi connectivity index (χ1) is 8.40. The molecule has 0 saturated carbocycles. The third kappa shape index (κ3) is 3.23. The van der Waals surface area contributed by atoms with Crippen molar-refractivity contribution >= 4 is 5.69 Å². The van der Waals surface area contributed by atoms with Crippen molar-refractivity contribution in [3.63, 3.8) is 0 Å². The van der Waals surface area contributed by atoms with Crippen molar-refractivity contribution in [3.8, 4) is 5.75 Å². The van der Waals surface area contributed by atoms with E-state index in [2.05, 4.69) is 11.5 Å². The third-order valence-electron chi connectivity index (χ3n) is 2.31. The van der Waals surface area contributed by atoms with Crippen LogP contribution in [0.5, 0.6) is 5.75 Å². The van der Waals surface area contributed by atoms with E-state index < -0.39 is 0 Å². The summed E-state index contributed by atoms with van der Waals surface area (Å²) in [4.78, 5) is 5.39. The van der Waals surface area contributed by atoms with E-state index in [4.69, 9.17) is 9.57 Å². The van der Waals surface area contributed by atoms with Crippen LogP contribution in [0, 0.1) is 6.07 Å². The number of ether oxygens (including phenoxy) is 1. The van der Waals surface area contributed by atoms with Crippen molar-refractivity contribution in [2.75, 3.05) is 12.6 Å².